The van der Waals surface area contributed by atoms with E-state index in [0.717, 1.165) is 16.9 Å². The van der Waals surface area contributed by atoms with Gasteiger partial charge in [-0.2, -0.15) is 0 Å². The van der Waals surface area contributed by atoms with Crippen molar-refractivity contribution in [2.75, 3.05) is 13.7 Å². The highest BCUT2D eigenvalue weighted by molar-refractivity contribution is 6.48. The van der Waals surface area contributed by atoms with Crippen LogP contribution in [0.15, 0.2) is 35.9 Å². The van der Waals surface area contributed by atoms with Gasteiger partial charge in [0.1, 0.15) is 5.76 Å². The van der Waals surface area contributed by atoms with E-state index in [1.807, 2.05) is 30.3 Å². The highest BCUT2D eigenvalue weighted by atomic mass is 28.3. The molecule has 3 heteroatoms. The van der Waals surface area contributed by atoms with Crippen molar-refractivity contribution in [3.63, 3.8) is 0 Å². The standard InChI is InChI=1S/C13H19O2Si/c1-11(10-15-16(3)4)13(14-2)12-8-6-5-7-9-12/h5-9H,10H2,1-4H3. The van der Waals surface area contributed by atoms with Gasteiger partial charge in [-0.15, -0.1) is 0 Å². The van der Waals surface area contributed by atoms with Crippen molar-refractivity contribution in [2.24, 2.45) is 0 Å². The molecule has 0 N–H and O–H groups in total. The molecule has 0 bridgehead atoms. The first kappa shape index (κ1) is 13.0. The molecule has 1 aromatic carbocycles. The third-order valence-corrected chi connectivity index (χ3v) is 2.93. The van der Waals surface area contributed by atoms with E-state index in [4.69, 9.17) is 9.16 Å². The lowest BCUT2D eigenvalue weighted by Gasteiger charge is -2.12. The third kappa shape index (κ3) is 3.83. The molecule has 2 nitrogen and oxygen atoms in total. The van der Waals surface area contributed by atoms with Gasteiger partial charge in [0.15, 0.2) is 0 Å². The molecular formula is C13H19O2Si. The molecule has 0 aromatic heterocycles. The Morgan fingerprint density at radius 2 is 1.81 bits per heavy atom. The Balaban J connectivity index is 2.83. The van der Waals surface area contributed by atoms with Crippen molar-refractivity contribution in [1.29, 1.82) is 0 Å². The van der Waals surface area contributed by atoms with Gasteiger partial charge in [0.25, 0.3) is 0 Å². The Kier molecular flexibility index (Phi) is 5.29. The average molecular weight is 235 g/mol. The Morgan fingerprint density at radius 1 is 1.19 bits per heavy atom. The summed E-state index contributed by atoms with van der Waals surface area (Å²) in [4.78, 5) is 0. The average Bonchev–Trinajstić information content (AvgIpc) is 2.29. The highest BCUT2D eigenvalue weighted by Gasteiger charge is 2.07. The molecule has 16 heavy (non-hydrogen) atoms. The van der Waals surface area contributed by atoms with E-state index < -0.39 is 9.04 Å². The molecule has 0 fully saturated rings. The van der Waals surface area contributed by atoms with E-state index in [1.165, 1.54) is 0 Å². The quantitative estimate of drug-likeness (QED) is 0.575. The van der Waals surface area contributed by atoms with Crippen molar-refractivity contribution in [3.8, 4) is 0 Å². The summed E-state index contributed by atoms with van der Waals surface area (Å²) in [6.07, 6.45) is 0. The Labute approximate surface area is 99.6 Å². The summed E-state index contributed by atoms with van der Waals surface area (Å²) in [7, 11) is 1.06. The molecule has 1 rings (SSSR count). The first-order valence-corrected chi connectivity index (χ1v) is 7.78. The topological polar surface area (TPSA) is 18.5 Å². The predicted octanol–water partition coefficient (Wildman–Crippen LogP) is 3.33. The zero-order chi connectivity index (χ0) is 12.0. The van der Waals surface area contributed by atoms with Crippen LogP contribution in [-0.2, 0) is 9.16 Å². The van der Waals surface area contributed by atoms with Gasteiger partial charge in [-0.3, -0.25) is 0 Å². The second-order valence-electron chi connectivity index (χ2n) is 3.88. The predicted molar refractivity (Wildman–Crippen MR) is 69.5 cm³/mol. The second-order valence-corrected chi connectivity index (χ2v) is 5.98. The maximum atomic E-state index is 5.67. The van der Waals surface area contributed by atoms with Crippen molar-refractivity contribution in [2.45, 2.75) is 20.0 Å². The summed E-state index contributed by atoms with van der Waals surface area (Å²) in [5.41, 5.74) is 2.24. The SMILES string of the molecule is COC(=C(C)CO[Si](C)C)c1ccccc1. The lowest BCUT2D eigenvalue weighted by atomic mass is 10.1. The number of benzene rings is 1. The van der Waals surface area contributed by atoms with Gasteiger partial charge < -0.3 is 9.16 Å². The highest BCUT2D eigenvalue weighted by Crippen LogP contribution is 2.19. The molecule has 1 aromatic rings. The van der Waals surface area contributed by atoms with E-state index in [1.54, 1.807) is 7.11 Å². The monoisotopic (exact) mass is 235 g/mol. The van der Waals surface area contributed by atoms with Crippen LogP contribution in [0, 0.1) is 0 Å². The van der Waals surface area contributed by atoms with Crippen molar-refractivity contribution >= 4 is 14.8 Å². The van der Waals surface area contributed by atoms with Crippen LogP contribution in [-0.4, -0.2) is 22.8 Å². The fourth-order valence-corrected chi connectivity index (χ4v) is 1.95. The van der Waals surface area contributed by atoms with E-state index >= 15 is 0 Å². The van der Waals surface area contributed by atoms with E-state index in [2.05, 4.69) is 20.0 Å². The minimum Gasteiger partial charge on any atom is -0.496 e. The van der Waals surface area contributed by atoms with Gasteiger partial charge in [-0.25, -0.2) is 0 Å². The van der Waals surface area contributed by atoms with Crippen molar-refractivity contribution in [1.82, 2.24) is 0 Å². The molecule has 0 saturated carbocycles. The molecular weight excluding hydrogens is 216 g/mol. The molecule has 87 valence electrons. The van der Waals surface area contributed by atoms with Gasteiger partial charge >= 0.3 is 0 Å². The Hall–Kier alpha value is -1.06. The minimum atomic E-state index is -0.642. The van der Waals surface area contributed by atoms with Crippen molar-refractivity contribution < 1.29 is 9.16 Å². The van der Waals surface area contributed by atoms with E-state index in [0.29, 0.717) is 6.61 Å². The van der Waals surface area contributed by atoms with Crippen LogP contribution in [0.25, 0.3) is 5.76 Å². The van der Waals surface area contributed by atoms with Crippen LogP contribution in [0.2, 0.25) is 13.1 Å². The van der Waals surface area contributed by atoms with Crippen LogP contribution < -0.4 is 0 Å². The van der Waals surface area contributed by atoms with Crippen LogP contribution >= 0.6 is 0 Å². The van der Waals surface area contributed by atoms with Gasteiger partial charge in [0.2, 0.25) is 9.04 Å². The normalized spacial score (nSPS) is 12.6. The Bertz CT molecular complexity index is 344. The maximum absolute atomic E-state index is 5.67. The van der Waals surface area contributed by atoms with Gasteiger partial charge in [0.05, 0.1) is 13.7 Å². The van der Waals surface area contributed by atoms with Crippen molar-refractivity contribution in [3.05, 3.63) is 41.5 Å². The molecule has 0 aliphatic carbocycles. The van der Waals surface area contributed by atoms with Crippen LogP contribution in [0.3, 0.4) is 0 Å². The summed E-state index contributed by atoms with van der Waals surface area (Å²) in [5, 5.41) is 0. The van der Waals surface area contributed by atoms with Crippen LogP contribution in [0.5, 0.6) is 0 Å². The molecule has 0 heterocycles. The third-order valence-electron chi connectivity index (χ3n) is 2.21. The molecule has 0 aliphatic heterocycles. The van der Waals surface area contributed by atoms with Crippen LogP contribution in [0.1, 0.15) is 12.5 Å². The molecule has 0 saturated heterocycles. The first-order chi connectivity index (χ1) is 7.65. The van der Waals surface area contributed by atoms with Gasteiger partial charge in [-0.05, 0) is 25.6 Å². The van der Waals surface area contributed by atoms with Gasteiger partial charge in [0, 0.05) is 5.56 Å². The first-order valence-electron chi connectivity index (χ1n) is 5.37. The molecule has 1 radical (unpaired) electrons. The lowest BCUT2D eigenvalue weighted by molar-refractivity contribution is 0.337. The molecule has 0 spiro atoms. The number of ether oxygens (including phenoxy) is 1. The zero-order valence-electron chi connectivity index (χ0n) is 10.4. The maximum Gasteiger partial charge on any atom is 0.205 e. The van der Waals surface area contributed by atoms with E-state index in [9.17, 15) is 0 Å². The number of hydrogen-bond acceptors (Lipinski definition) is 2. The summed E-state index contributed by atoms with van der Waals surface area (Å²) in [6.45, 7) is 6.97. The molecule has 0 aliphatic rings. The molecule has 0 amide bonds. The molecule has 0 atom stereocenters. The summed E-state index contributed by atoms with van der Waals surface area (Å²) < 4.78 is 11.1. The fourth-order valence-electron chi connectivity index (χ4n) is 1.45. The largest absolute Gasteiger partial charge is 0.496 e. The smallest absolute Gasteiger partial charge is 0.205 e. The summed E-state index contributed by atoms with van der Waals surface area (Å²) >= 11 is 0. The minimum absolute atomic E-state index is 0.642. The van der Waals surface area contributed by atoms with Crippen LogP contribution in [0.4, 0.5) is 0 Å². The fraction of sp³-hybridized carbons (Fsp3) is 0.385. The second kappa shape index (κ2) is 6.50. The number of hydrogen-bond donors (Lipinski definition) is 0. The zero-order valence-corrected chi connectivity index (χ0v) is 11.4. The Morgan fingerprint density at radius 3 is 2.31 bits per heavy atom. The summed E-state index contributed by atoms with van der Waals surface area (Å²) in [5.74, 6) is 0.920. The summed E-state index contributed by atoms with van der Waals surface area (Å²) in [6, 6.07) is 10.1. The van der Waals surface area contributed by atoms with E-state index in [-0.39, 0.29) is 0 Å². The lowest BCUT2D eigenvalue weighted by Crippen LogP contribution is -2.10. The number of methoxy groups -OCH3 is 1. The molecule has 0 unspecified atom stereocenters. The number of rotatable bonds is 5. The van der Waals surface area contributed by atoms with Gasteiger partial charge in [-0.1, -0.05) is 30.3 Å².